The third-order valence-electron chi connectivity index (χ3n) is 4.51. The zero-order valence-corrected chi connectivity index (χ0v) is 16.0. The molecule has 1 aliphatic carbocycles. The number of carbonyl (C=O) groups excluding carboxylic acids is 2. The second-order valence-corrected chi connectivity index (χ2v) is 7.38. The number of fused-ring (bicyclic) bond motifs is 1. The molecular weight excluding hydrogens is 370 g/mol. The Bertz CT molecular complexity index is 899. The molecule has 0 aliphatic heterocycles. The number of hydrogen-bond donors (Lipinski definition) is 2. The van der Waals surface area contributed by atoms with Gasteiger partial charge in [0.05, 0.1) is 23.9 Å². The first-order valence-electron chi connectivity index (χ1n) is 8.82. The predicted molar refractivity (Wildman–Crippen MR) is 99.7 cm³/mol. The van der Waals surface area contributed by atoms with E-state index in [2.05, 4.69) is 10.4 Å². The minimum Gasteiger partial charge on any atom is -0.477 e. The maximum absolute atomic E-state index is 12.7. The standard InChI is InChI=1S/C18H21N3O5S/c1-3-26-18(25)13-10-7-5-4-6-8-12(10)27-16(13)20-15(22)11-9-19-21(2)14(11)17(23)24/h9H,3-8H2,1-2H3,(H,20,22)(H,23,24). The second kappa shape index (κ2) is 7.91. The zero-order valence-electron chi connectivity index (χ0n) is 15.2. The van der Waals surface area contributed by atoms with Crippen LogP contribution < -0.4 is 5.32 Å². The summed E-state index contributed by atoms with van der Waals surface area (Å²) in [4.78, 5) is 37.7. The number of nitrogens with zero attached hydrogens (tertiary/aromatic N) is 2. The summed E-state index contributed by atoms with van der Waals surface area (Å²) in [5.74, 6) is -2.31. The fraction of sp³-hybridized carbons (Fsp3) is 0.444. The molecule has 0 fully saturated rings. The lowest BCUT2D eigenvalue weighted by molar-refractivity contribution is 0.0526. The van der Waals surface area contributed by atoms with Crippen LogP contribution in [-0.4, -0.2) is 39.3 Å². The van der Waals surface area contributed by atoms with E-state index in [4.69, 9.17) is 4.74 Å². The van der Waals surface area contributed by atoms with E-state index in [9.17, 15) is 19.5 Å². The van der Waals surface area contributed by atoms with Gasteiger partial charge in [0.25, 0.3) is 5.91 Å². The third kappa shape index (κ3) is 3.73. The van der Waals surface area contributed by atoms with Crippen molar-refractivity contribution in [2.75, 3.05) is 11.9 Å². The van der Waals surface area contributed by atoms with Gasteiger partial charge in [-0.15, -0.1) is 11.3 Å². The Labute approximate surface area is 160 Å². The van der Waals surface area contributed by atoms with Crippen molar-refractivity contribution in [2.24, 2.45) is 7.05 Å². The van der Waals surface area contributed by atoms with Gasteiger partial charge in [-0.25, -0.2) is 9.59 Å². The summed E-state index contributed by atoms with van der Waals surface area (Å²) in [6.07, 6.45) is 5.95. The molecule has 0 radical (unpaired) electrons. The van der Waals surface area contributed by atoms with Gasteiger partial charge in [0.1, 0.15) is 5.00 Å². The van der Waals surface area contributed by atoms with E-state index >= 15 is 0 Å². The van der Waals surface area contributed by atoms with E-state index in [1.54, 1.807) is 6.92 Å². The number of carboxylic acids is 1. The van der Waals surface area contributed by atoms with Crippen molar-refractivity contribution in [1.29, 1.82) is 0 Å². The Balaban J connectivity index is 1.98. The van der Waals surface area contributed by atoms with E-state index in [1.165, 1.54) is 24.6 Å². The highest BCUT2D eigenvalue weighted by atomic mass is 32.1. The van der Waals surface area contributed by atoms with Crippen LogP contribution in [0.3, 0.4) is 0 Å². The molecule has 0 bridgehead atoms. The summed E-state index contributed by atoms with van der Waals surface area (Å²) in [5, 5.41) is 16.3. The summed E-state index contributed by atoms with van der Waals surface area (Å²) in [6.45, 7) is 1.97. The zero-order chi connectivity index (χ0) is 19.6. The average molecular weight is 391 g/mol. The fourth-order valence-corrected chi connectivity index (χ4v) is 4.55. The number of esters is 1. The van der Waals surface area contributed by atoms with Crippen LogP contribution in [0, 0.1) is 0 Å². The van der Waals surface area contributed by atoms with Crippen LogP contribution in [0.2, 0.25) is 0 Å². The summed E-state index contributed by atoms with van der Waals surface area (Å²) in [6, 6.07) is 0. The smallest absolute Gasteiger partial charge is 0.354 e. The van der Waals surface area contributed by atoms with Crippen molar-refractivity contribution in [3.8, 4) is 0 Å². The predicted octanol–water partition coefficient (Wildman–Crippen LogP) is 2.88. The largest absolute Gasteiger partial charge is 0.477 e. The van der Waals surface area contributed by atoms with E-state index in [0.29, 0.717) is 10.6 Å². The Morgan fingerprint density at radius 3 is 2.74 bits per heavy atom. The maximum Gasteiger partial charge on any atom is 0.354 e. The van der Waals surface area contributed by atoms with Crippen molar-refractivity contribution in [1.82, 2.24) is 9.78 Å². The molecule has 9 heteroatoms. The lowest BCUT2D eigenvalue weighted by atomic mass is 10.1. The average Bonchev–Trinajstić information content (AvgIpc) is 3.07. The minimum absolute atomic E-state index is 0.0524. The fourth-order valence-electron chi connectivity index (χ4n) is 3.28. The molecule has 2 N–H and O–H groups in total. The number of aryl methyl sites for hydroxylation is 2. The van der Waals surface area contributed by atoms with Crippen LogP contribution >= 0.6 is 11.3 Å². The molecule has 3 rings (SSSR count). The third-order valence-corrected chi connectivity index (χ3v) is 5.72. The molecule has 0 atom stereocenters. The van der Waals surface area contributed by atoms with E-state index < -0.39 is 17.8 Å². The lowest BCUT2D eigenvalue weighted by Crippen LogP contribution is -2.18. The molecule has 1 aliphatic rings. The molecule has 0 aromatic carbocycles. The van der Waals surface area contributed by atoms with Crippen LogP contribution in [0.5, 0.6) is 0 Å². The van der Waals surface area contributed by atoms with E-state index in [1.807, 2.05) is 0 Å². The van der Waals surface area contributed by atoms with E-state index in [-0.39, 0.29) is 17.9 Å². The number of nitrogens with one attached hydrogen (secondary N) is 1. The van der Waals surface area contributed by atoms with Gasteiger partial charge in [0, 0.05) is 11.9 Å². The highest BCUT2D eigenvalue weighted by Crippen LogP contribution is 2.38. The number of rotatable bonds is 5. The van der Waals surface area contributed by atoms with E-state index in [0.717, 1.165) is 47.2 Å². The number of anilines is 1. The normalized spacial score (nSPS) is 13.6. The molecule has 2 aromatic rings. The van der Waals surface area contributed by atoms with Gasteiger partial charge in [-0.3, -0.25) is 9.48 Å². The number of aromatic carboxylic acids is 1. The monoisotopic (exact) mass is 391 g/mol. The van der Waals surface area contributed by atoms with Gasteiger partial charge < -0.3 is 15.2 Å². The molecule has 2 aromatic heterocycles. The minimum atomic E-state index is -1.24. The summed E-state index contributed by atoms with van der Waals surface area (Å²) < 4.78 is 6.33. The van der Waals surface area contributed by atoms with Gasteiger partial charge >= 0.3 is 11.9 Å². The molecular formula is C18H21N3O5S. The van der Waals surface area contributed by atoms with Crippen molar-refractivity contribution >= 4 is 34.2 Å². The van der Waals surface area contributed by atoms with Crippen molar-refractivity contribution < 1.29 is 24.2 Å². The number of aromatic nitrogens is 2. The van der Waals surface area contributed by atoms with Crippen LogP contribution in [-0.2, 0) is 24.6 Å². The molecule has 0 spiro atoms. The Morgan fingerprint density at radius 1 is 1.30 bits per heavy atom. The van der Waals surface area contributed by atoms with Crippen LogP contribution in [0.15, 0.2) is 6.20 Å². The number of carbonyl (C=O) groups is 3. The topological polar surface area (TPSA) is 111 Å². The van der Waals surface area contributed by atoms with Gasteiger partial charge in [-0.05, 0) is 38.2 Å². The quantitative estimate of drug-likeness (QED) is 0.599. The van der Waals surface area contributed by atoms with Crippen LogP contribution in [0.25, 0.3) is 0 Å². The number of hydrogen-bond acceptors (Lipinski definition) is 6. The molecule has 0 saturated carbocycles. The molecule has 27 heavy (non-hydrogen) atoms. The van der Waals surface area contributed by atoms with Crippen molar-refractivity contribution in [3.63, 3.8) is 0 Å². The van der Waals surface area contributed by atoms with Crippen LogP contribution in [0.4, 0.5) is 5.00 Å². The molecule has 0 unspecified atom stereocenters. The number of thiophene rings is 1. The molecule has 8 nitrogen and oxygen atoms in total. The first kappa shape index (κ1) is 19.1. The number of amides is 1. The number of ether oxygens (including phenoxy) is 1. The summed E-state index contributed by atoms with van der Waals surface area (Å²) >= 11 is 1.37. The molecule has 144 valence electrons. The van der Waals surface area contributed by atoms with Crippen LogP contribution in [0.1, 0.15) is 67.8 Å². The maximum atomic E-state index is 12.7. The van der Waals surface area contributed by atoms with Crippen molar-refractivity contribution in [2.45, 2.75) is 39.0 Å². The first-order valence-corrected chi connectivity index (χ1v) is 9.64. The SMILES string of the molecule is CCOC(=O)c1c(NC(=O)c2cnn(C)c2C(=O)O)sc2c1CCCCC2. The van der Waals surface area contributed by atoms with Crippen molar-refractivity contribution in [3.05, 3.63) is 33.5 Å². The van der Waals surface area contributed by atoms with Gasteiger partial charge in [-0.2, -0.15) is 5.10 Å². The summed E-state index contributed by atoms with van der Waals surface area (Å²) in [7, 11) is 1.46. The first-order chi connectivity index (χ1) is 12.9. The summed E-state index contributed by atoms with van der Waals surface area (Å²) in [5.41, 5.74) is 1.08. The Kier molecular flexibility index (Phi) is 5.59. The molecule has 2 heterocycles. The van der Waals surface area contributed by atoms with Gasteiger partial charge in [0.2, 0.25) is 0 Å². The Morgan fingerprint density at radius 2 is 2.04 bits per heavy atom. The molecule has 1 amide bonds. The number of carboxylic acid groups (broad SMARTS) is 1. The lowest BCUT2D eigenvalue weighted by Gasteiger charge is -2.08. The highest BCUT2D eigenvalue weighted by molar-refractivity contribution is 7.17. The molecule has 0 saturated heterocycles. The second-order valence-electron chi connectivity index (χ2n) is 6.28. The Hall–Kier alpha value is -2.68. The highest BCUT2D eigenvalue weighted by Gasteiger charge is 2.28. The van der Waals surface area contributed by atoms with Gasteiger partial charge in [0.15, 0.2) is 5.69 Å². The van der Waals surface area contributed by atoms with Gasteiger partial charge in [-0.1, -0.05) is 6.42 Å².